The van der Waals surface area contributed by atoms with Crippen molar-refractivity contribution in [1.29, 1.82) is 0 Å². The van der Waals surface area contributed by atoms with Crippen LogP contribution in [0, 0.1) is 5.92 Å². The summed E-state index contributed by atoms with van der Waals surface area (Å²) in [6, 6.07) is 8.92. The van der Waals surface area contributed by atoms with E-state index in [1.165, 1.54) is 37.8 Å². The molecule has 3 rings (SSSR count). The Bertz CT molecular complexity index is 400. The van der Waals surface area contributed by atoms with Crippen LogP contribution in [0.25, 0.3) is 0 Å². The summed E-state index contributed by atoms with van der Waals surface area (Å²) in [5.74, 6) is 1.82. The van der Waals surface area contributed by atoms with Gasteiger partial charge in [-0.15, -0.1) is 0 Å². The van der Waals surface area contributed by atoms with Crippen LogP contribution < -0.4 is 10.5 Å². The maximum atomic E-state index is 6.01. The predicted molar refractivity (Wildman–Crippen MR) is 77.1 cm³/mol. The first-order valence-electron chi connectivity index (χ1n) is 7.49. The molecule has 19 heavy (non-hydrogen) atoms. The van der Waals surface area contributed by atoms with Gasteiger partial charge in [-0.1, -0.05) is 12.1 Å². The van der Waals surface area contributed by atoms with Crippen molar-refractivity contribution in [3.05, 3.63) is 29.8 Å². The van der Waals surface area contributed by atoms with Gasteiger partial charge in [-0.25, -0.2) is 0 Å². The summed E-state index contributed by atoms with van der Waals surface area (Å²) < 4.78 is 5.76. The third-order valence-electron chi connectivity index (χ3n) is 4.05. The number of hydrogen-bond donors (Lipinski definition) is 1. The molecule has 1 aromatic rings. The van der Waals surface area contributed by atoms with Gasteiger partial charge >= 0.3 is 0 Å². The molecule has 0 radical (unpaired) electrons. The highest BCUT2D eigenvalue weighted by Gasteiger charge is 2.21. The van der Waals surface area contributed by atoms with Gasteiger partial charge in [0.25, 0.3) is 0 Å². The zero-order valence-electron chi connectivity index (χ0n) is 11.6. The minimum absolute atomic E-state index is 0.356. The van der Waals surface area contributed by atoms with Crippen LogP contribution in [-0.2, 0) is 6.54 Å². The van der Waals surface area contributed by atoms with Crippen molar-refractivity contribution < 1.29 is 4.74 Å². The number of rotatable bonds is 5. The van der Waals surface area contributed by atoms with Crippen molar-refractivity contribution >= 4 is 0 Å². The van der Waals surface area contributed by atoms with Crippen LogP contribution in [0.15, 0.2) is 24.3 Å². The number of hydrogen-bond acceptors (Lipinski definition) is 3. The summed E-state index contributed by atoms with van der Waals surface area (Å²) in [5.41, 5.74) is 7.37. The van der Waals surface area contributed by atoms with Crippen LogP contribution in [0.5, 0.6) is 5.75 Å². The molecule has 0 spiro atoms. The van der Waals surface area contributed by atoms with Crippen molar-refractivity contribution in [3.63, 3.8) is 0 Å². The van der Waals surface area contributed by atoms with Gasteiger partial charge in [0.1, 0.15) is 5.75 Å². The molecule has 2 aliphatic rings. The third kappa shape index (κ3) is 3.95. The minimum Gasteiger partial charge on any atom is -0.493 e. The Balaban J connectivity index is 1.50. The Morgan fingerprint density at radius 1 is 1.16 bits per heavy atom. The molecule has 3 nitrogen and oxygen atoms in total. The second-order valence-corrected chi connectivity index (χ2v) is 6.04. The molecule has 0 bridgehead atoms. The maximum Gasteiger partial charge on any atom is 0.119 e. The lowest BCUT2D eigenvalue weighted by molar-refractivity contribution is 0.201. The molecule has 1 saturated heterocycles. The highest BCUT2D eigenvalue weighted by Crippen LogP contribution is 2.29. The van der Waals surface area contributed by atoms with E-state index in [0.717, 1.165) is 31.4 Å². The van der Waals surface area contributed by atoms with Crippen molar-refractivity contribution in [1.82, 2.24) is 4.90 Å². The quantitative estimate of drug-likeness (QED) is 0.883. The molecule has 1 aromatic carbocycles. The van der Waals surface area contributed by atoms with E-state index >= 15 is 0 Å². The highest BCUT2D eigenvalue weighted by molar-refractivity contribution is 5.27. The molecule has 2 fully saturated rings. The van der Waals surface area contributed by atoms with Crippen LogP contribution in [0.1, 0.15) is 31.2 Å². The van der Waals surface area contributed by atoms with Crippen LogP contribution in [-0.4, -0.2) is 30.6 Å². The van der Waals surface area contributed by atoms with E-state index in [2.05, 4.69) is 29.2 Å². The smallest absolute Gasteiger partial charge is 0.119 e. The second kappa shape index (κ2) is 5.93. The lowest BCUT2D eigenvalue weighted by Crippen LogP contribution is -2.42. The zero-order chi connectivity index (χ0) is 13.1. The lowest BCUT2D eigenvalue weighted by atomic mass is 10.1. The van der Waals surface area contributed by atoms with E-state index in [9.17, 15) is 0 Å². The van der Waals surface area contributed by atoms with Gasteiger partial charge < -0.3 is 10.5 Å². The van der Waals surface area contributed by atoms with Crippen molar-refractivity contribution in [2.75, 3.05) is 19.7 Å². The molecule has 1 heterocycles. The average molecular weight is 260 g/mol. The summed E-state index contributed by atoms with van der Waals surface area (Å²) in [6.45, 7) is 4.10. The van der Waals surface area contributed by atoms with Gasteiger partial charge in [-0.3, -0.25) is 4.90 Å². The Kier molecular flexibility index (Phi) is 4.04. The Morgan fingerprint density at radius 2 is 1.95 bits per heavy atom. The fourth-order valence-corrected chi connectivity index (χ4v) is 2.68. The standard InChI is InChI=1S/C16H24N2O/c17-15-2-1-9-18(11-15)10-13-5-7-16(8-6-13)19-12-14-3-4-14/h5-8,14-15H,1-4,9-12,17H2. The first-order valence-corrected chi connectivity index (χ1v) is 7.49. The summed E-state index contributed by atoms with van der Waals surface area (Å²) in [6.07, 6.45) is 5.08. The molecule has 3 heteroatoms. The van der Waals surface area contributed by atoms with E-state index < -0.39 is 0 Å². The number of ether oxygens (including phenoxy) is 1. The van der Waals surface area contributed by atoms with Crippen LogP contribution >= 0.6 is 0 Å². The van der Waals surface area contributed by atoms with Crippen LogP contribution in [0.3, 0.4) is 0 Å². The summed E-state index contributed by atoms with van der Waals surface area (Å²) in [7, 11) is 0. The summed E-state index contributed by atoms with van der Waals surface area (Å²) >= 11 is 0. The molecule has 1 aliphatic heterocycles. The van der Waals surface area contributed by atoms with E-state index in [1.807, 2.05) is 0 Å². The lowest BCUT2D eigenvalue weighted by Gasteiger charge is -2.30. The molecule has 1 aliphatic carbocycles. The highest BCUT2D eigenvalue weighted by atomic mass is 16.5. The molecule has 0 aromatic heterocycles. The van der Waals surface area contributed by atoms with Crippen molar-refractivity contribution in [2.24, 2.45) is 11.7 Å². The van der Waals surface area contributed by atoms with Crippen molar-refractivity contribution in [2.45, 2.75) is 38.3 Å². The Morgan fingerprint density at radius 3 is 2.63 bits per heavy atom. The van der Waals surface area contributed by atoms with E-state index in [-0.39, 0.29) is 0 Å². The predicted octanol–water partition coefficient (Wildman–Crippen LogP) is 2.40. The van der Waals surface area contributed by atoms with E-state index in [0.29, 0.717) is 6.04 Å². The fourth-order valence-electron chi connectivity index (χ4n) is 2.68. The van der Waals surface area contributed by atoms with Crippen molar-refractivity contribution in [3.8, 4) is 5.75 Å². The van der Waals surface area contributed by atoms with E-state index in [1.54, 1.807) is 0 Å². The molecule has 1 saturated carbocycles. The summed E-state index contributed by atoms with van der Waals surface area (Å²) in [4.78, 5) is 2.45. The Hall–Kier alpha value is -1.06. The molecule has 1 unspecified atom stereocenters. The number of piperidine rings is 1. The van der Waals surface area contributed by atoms with Gasteiger partial charge in [-0.2, -0.15) is 0 Å². The number of likely N-dealkylation sites (tertiary alicyclic amines) is 1. The fraction of sp³-hybridized carbons (Fsp3) is 0.625. The number of nitrogens with two attached hydrogens (primary N) is 1. The zero-order valence-corrected chi connectivity index (χ0v) is 11.6. The first-order chi connectivity index (χ1) is 9.29. The van der Waals surface area contributed by atoms with E-state index in [4.69, 9.17) is 10.5 Å². The molecule has 1 atom stereocenters. The Labute approximate surface area is 115 Å². The third-order valence-corrected chi connectivity index (χ3v) is 4.05. The van der Waals surface area contributed by atoms with Gasteiger partial charge in [0.05, 0.1) is 6.61 Å². The molecular formula is C16H24N2O. The van der Waals surface area contributed by atoms with Gasteiger partial charge in [0, 0.05) is 19.1 Å². The maximum absolute atomic E-state index is 6.01. The molecule has 2 N–H and O–H groups in total. The second-order valence-electron chi connectivity index (χ2n) is 6.04. The monoisotopic (exact) mass is 260 g/mol. The number of benzene rings is 1. The van der Waals surface area contributed by atoms with Crippen LogP contribution in [0.2, 0.25) is 0 Å². The first kappa shape index (κ1) is 12.9. The normalized spacial score (nSPS) is 24.4. The van der Waals surface area contributed by atoms with Crippen LogP contribution in [0.4, 0.5) is 0 Å². The van der Waals surface area contributed by atoms with Gasteiger partial charge in [-0.05, 0) is 55.8 Å². The summed E-state index contributed by atoms with van der Waals surface area (Å²) in [5, 5.41) is 0. The average Bonchev–Trinajstić information content (AvgIpc) is 3.22. The molecule has 104 valence electrons. The topological polar surface area (TPSA) is 38.5 Å². The molecule has 0 amide bonds. The van der Waals surface area contributed by atoms with Gasteiger partial charge in [0.2, 0.25) is 0 Å². The van der Waals surface area contributed by atoms with Gasteiger partial charge in [0.15, 0.2) is 0 Å². The SMILES string of the molecule is NC1CCCN(Cc2ccc(OCC3CC3)cc2)C1. The molecular weight excluding hydrogens is 236 g/mol. The largest absolute Gasteiger partial charge is 0.493 e. The number of nitrogens with zero attached hydrogens (tertiary/aromatic N) is 1. The minimum atomic E-state index is 0.356.